The van der Waals surface area contributed by atoms with Crippen molar-refractivity contribution in [2.75, 3.05) is 37.6 Å². The lowest BCUT2D eigenvalue weighted by Gasteiger charge is -2.33. The Morgan fingerprint density at radius 2 is 2.11 bits per heavy atom. The van der Waals surface area contributed by atoms with Crippen molar-refractivity contribution in [3.05, 3.63) is 10.6 Å². The first-order valence-electron chi connectivity index (χ1n) is 7.00. The van der Waals surface area contributed by atoms with Crippen molar-refractivity contribution in [3.8, 4) is 0 Å². The van der Waals surface area contributed by atoms with Gasteiger partial charge in [-0.3, -0.25) is 0 Å². The largest absolute Gasteiger partial charge is 0.346 e. The van der Waals surface area contributed by atoms with Gasteiger partial charge in [0.1, 0.15) is 0 Å². The lowest BCUT2D eigenvalue weighted by molar-refractivity contribution is 0.271. The number of likely N-dealkylation sites (N-methyl/N-ethyl adjacent to an activating group) is 1. The number of anilines is 1. The third-order valence-corrected chi connectivity index (χ3v) is 5.27. The van der Waals surface area contributed by atoms with E-state index in [9.17, 15) is 0 Å². The number of piperazine rings is 1. The quantitative estimate of drug-likeness (QED) is 0.883. The number of aromatic nitrogens is 1. The van der Waals surface area contributed by atoms with Crippen molar-refractivity contribution in [2.45, 2.75) is 32.2 Å². The number of nitrogens with zero attached hydrogens (tertiary/aromatic N) is 3. The maximum Gasteiger partial charge on any atom is 0.185 e. The fourth-order valence-electron chi connectivity index (χ4n) is 2.83. The van der Waals surface area contributed by atoms with Crippen LogP contribution >= 0.6 is 11.3 Å². The Labute approximate surface area is 113 Å². The minimum atomic E-state index is 0.177. The first kappa shape index (κ1) is 12.4. The molecule has 1 fully saturated rings. The first-order valence-corrected chi connectivity index (χ1v) is 7.82. The molecule has 2 N–H and O–H groups in total. The molecule has 2 heterocycles. The molecule has 0 amide bonds. The van der Waals surface area contributed by atoms with E-state index in [2.05, 4.69) is 16.7 Å². The average molecular weight is 266 g/mol. The molecule has 0 radical (unpaired) electrons. The summed E-state index contributed by atoms with van der Waals surface area (Å²) in [6, 6.07) is 0.177. The molecular formula is C13H22N4S. The highest BCUT2D eigenvalue weighted by atomic mass is 32.1. The van der Waals surface area contributed by atoms with Crippen molar-refractivity contribution in [1.82, 2.24) is 9.88 Å². The summed E-state index contributed by atoms with van der Waals surface area (Å²) in [4.78, 5) is 11.2. The molecule has 1 aromatic heterocycles. The van der Waals surface area contributed by atoms with E-state index in [-0.39, 0.29) is 6.04 Å². The Bertz CT molecular complexity index is 409. The number of fused-ring (bicyclic) bond motifs is 1. The van der Waals surface area contributed by atoms with Crippen molar-refractivity contribution < 1.29 is 0 Å². The van der Waals surface area contributed by atoms with Crippen molar-refractivity contribution >= 4 is 16.5 Å². The Morgan fingerprint density at radius 3 is 2.78 bits per heavy atom. The van der Waals surface area contributed by atoms with Gasteiger partial charge >= 0.3 is 0 Å². The van der Waals surface area contributed by atoms with Gasteiger partial charge in [0.05, 0.1) is 5.69 Å². The highest BCUT2D eigenvalue weighted by Crippen LogP contribution is 2.35. The van der Waals surface area contributed by atoms with Gasteiger partial charge in [-0.15, -0.1) is 11.3 Å². The average Bonchev–Trinajstić information content (AvgIpc) is 2.84. The van der Waals surface area contributed by atoms with Gasteiger partial charge in [0.25, 0.3) is 0 Å². The highest BCUT2D eigenvalue weighted by Gasteiger charge is 2.25. The predicted octanol–water partition coefficient (Wildman–Crippen LogP) is 1.62. The van der Waals surface area contributed by atoms with Gasteiger partial charge < -0.3 is 15.5 Å². The zero-order chi connectivity index (χ0) is 12.5. The monoisotopic (exact) mass is 266 g/mol. The zero-order valence-corrected chi connectivity index (χ0v) is 11.9. The van der Waals surface area contributed by atoms with Crippen LogP contribution in [0.5, 0.6) is 0 Å². The highest BCUT2D eigenvalue weighted by molar-refractivity contribution is 7.15. The summed E-state index contributed by atoms with van der Waals surface area (Å²) in [6.07, 6.45) is 3.49. The van der Waals surface area contributed by atoms with Crippen molar-refractivity contribution in [1.29, 1.82) is 0 Å². The fraction of sp³-hybridized carbons (Fsp3) is 0.769. The molecule has 18 heavy (non-hydrogen) atoms. The Balaban J connectivity index is 1.74. The van der Waals surface area contributed by atoms with E-state index >= 15 is 0 Å². The number of hydrogen-bond acceptors (Lipinski definition) is 5. The van der Waals surface area contributed by atoms with E-state index in [1.54, 1.807) is 0 Å². The lowest BCUT2D eigenvalue weighted by Crippen LogP contribution is -2.46. The summed E-state index contributed by atoms with van der Waals surface area (Å²) in [5.41, 5.74) is 7.33. The molecule has 0 spiro atoms. The van der Waals surface area contributed by atoms with Crippen molar-refractivity contribution in [2.24, 2.45) is 5.73 Å². The van der Waals surface area contributed by atoms with Gasteiger partial charge in [-0.1, -0.05) is 6.92 Å². The van der Waals surface area contributed by atoms with Crippen LogP contribution in [-0.4, -0.2) is 42.6 Å². The molecule has 1 unspecified atom stereocenters. The second-order valence-corrected chi connectivity index (χ2v) is 6.29. The minimum Gasteiger partial charge on any atom is -0.346 e. The minimum absolute atomic E-state index is 0.177. The van der Waals surface area contributed by atoms with E-state index in [1.807, 2.05) is 11.3 Å². The van der Waals surface area contributed by atoms with Crippen LogP contribution in [0.4, 0.5) is 5.13 Å². The Kier molecular flexibility index (Phi) is 3.54. The van der Waals surface area contributed by atoms with E-state index in [4.69, 9.17) is 10.7 Å². The molecule has 0 aromatic carbocycles. The van der Waals surface area contributed by atoms with Crippen LogP contribution in [0.2, 0.25) is 0 Å². The van der Waals surface area contributed by atoms with Crippen LogP contribution in [-0.2, 0) is 6.42 Å². The van der Waals surface area contributed by atoms with E-state index in [1.165, 1.54) is 28.5 Å². The summed E-state index contributed by atoms with van der Waals surface area (Å²) in [5.74, 6) is 0. The number of rotatable bonds is 2. The molecule has 0 bridgehead atoms. The normalized spacial score (nSPS) is 25.2. The number of hydrogen-bond donors (Lipinski definition) is 1. The van der Waals surface area contributed by atoms with Crippen LogP contribution < -0.4 is 10.6 Å². The van der Waals surface area contributed by atoms with Gasteiger partial charge in [-0.05, 0) is 25.8 Å². The summed E-state index contributed by atoms with van der Waals surface area (Å²) in [6.45, 7) is 7.93. The van der Waals surface area contributed by atoms with Gasteiger partial charge in [0, 0.05) is 37.1 Å². The van der Waals surface area contributed by atoms with Gasteiger partial charge in [-0.2, -0.15) is 0 Å². The van der Waals surface area contributed by atoms with Gasteiger partial charge in [-0.25, -0.2) is 4.98 Å². The summed E-state index contributed by atoms with van der Waals surface area (Å²) >= 11 is 1.87. The van der Waals surface area contributed by atoms with Crippen LogP contribution in [0.25, 0.3) is 0 Å². The third-order valence-electron chi connectivity index (χ3n) is 4.08. The van der Waals surface area contributed by atoms with Crippen LogP contribution in [0.3, 0.4) is 0 Å². The maximum absolute atomic E-state index is 6.15. The van der Waals surface area contributed by atoms with Crippen molar-refractivity contribution in [3.63, 3.8) is 0 Å². The van der Waals surface area contributed by atoms with E-state index in [0.717, 1.165) is 39.1 Å². The molecule has 1 aliphatic heterocycles. The summed E-state index contributed by atoms with van der Waals surface area (Å²) in [7, 11) is 0. The maximum atomic E-state index is 6.15. The third kappa shape index (κ3) is 2.27. The van der Waals surface area contributed by atoms with Gasteiger partial charge in [0.15, 0.2) is 5.13 Å². The van der Waals surface area contributed by atoms with Gasteiger partial charge in [0.2, 0.25) is 0 Å². The molecule has 1 saturated heterocycles. The number of thiazole rings is 1. The SMILES string of the molecule is CCN1CCN(c2nc3c(s2)CCCC3N)CC1. The molecule has 4 nitrogen and oxygen atoms in total. The number of nitrogens with two attached hydrogens (primary N) is 1. The molecule has 100 valence electrons. The van der Waals surface area contributed by atoms with Crippen LogP contribution in [0, 0.1) is 0 Å². The fourth-order valence-corrected chi connectivity index (χ4v) is 4.05. The van der Waals surface area contributed by atoms with Crippen LogP contribution in [0.15, 0.2) is 0 Å². The Hall–Kier alpha value is -0.650. The molecule has 2 aliphatic rings. The topological polar surface area (TPSA) is 45.4 Å². The smallest absolute Gasteiger partial charge is 0.185 e. The molecule has 1 atom stereocenters. The second-order valence-electron chi connectivity index (χ2n) is 5.22. The van der Waals surface area contributed by atoms with E-state index in [0.29, 0.717) is 0 Å². The zero-order valence-electron chi connectivity index (χ0n) is 11.1. The molecule has 1 aliphatic carbocycles. The predicted molar refractivity (Wildman–Crippen MR) is 76.3 cm³/mol. The molecule has 0 saturated carbocycles. The molecule has 1 aromatic rings. The summed E-state index contributed by atoms with van der Waals surface area (Å²) < 4.78 is 0. The number of aryl methyl sites for hydroxylation is 1. The molecule has 3 rings (SSSR count). The Morgan fingerprint density at radius 1 is 1.33 bits per heavy atom. The second kappa shape index (κ2) is 5.15. The molecular weight excluding hydrogens is 244 g/mol. The molecule has 5 heteroatoms. The first-order chi connectivity index (χ1) is 8.78. The van der Waals surface area contributed by atoms with Crippen LogP contribution in [0.1, 0.15) is 36.4 Å². The lowest BCUT2D eigenvalue weighted by atomic mass is 9.99. The van der Waals surface area contributed by atoms with E-state index < -0.39 is 0 Å². The standard InChI is InChI=1S/C13H22N4S/c1-2-16-6-8-17(9-7-16)13-15-12-10(14)4-3-5-11(12)18-13/h10H,2-9,14H2,1H3. The summed E-state index contributed by atoms with van der Waals surface area (Å²) in [5, 5.41) is 1.20.